The topological polar surface area (TPSA) is 63.2 Å². The van der Waals surface area contributed by atoms with E-state index in [1.54, 1.807) is 19.5 Å². The fourth-order valence-electron chi connectivity index (χ4n) is 2.25. The molecule has 0 unspecified atom stereocenters. The molecule has 2 rings (SSSR count). The average Bonchev–Trinajstić information content (AvgIpc) is 2.60. The zero-order valence-electron chi connectivity index (χ0n) is 13.6. The second-order valence-electron chi connectivity index (χ2n) is 5.21. The van der Waals surface area contributed by atoms with E-state index in [9.17, 15) is 4.79 Å². The zero-order chi connectivity index (χ0) is 16.5. The summed E-state index contributed by atoms with van der Waals surface area (Å²) in [4.78, 5) is 16.3. The summed E-state index contributed by atoms with van der Waals surface area (Å²) < 4.78 is 5.31. The Hall–Kier alpha value is -2.56. The van der Waals surface area contributed by atoms with Gasteiger partial charge in [0.2, 0.25) is 0 Å². The van der Waals surface area contributed by atoms with Crippen molar-refractivity contribution >= 4 is 11.6 Å². The van der Waals surface area contributed by atoms with Crippen LogP contribution in [0.25, 0.3) is 0 Å². The van der Waals surface area contributed by atoms with Gasteiger partial charge in [0, 0.05) is 25.5 Å². The molecular formula is C18H23N3O2. The van der Waals surface area contributed by atoms with Gasteiger partial charge in [-0.1, -0.05) is 25.1 Å². The SMILES string of the molecule is CCCNc1cncc(C(=O)NCCc2ccccc2OC)c1. The summed E-state index contributed by atoms with van der Waals surface area (Å²) in [6.45, 7) is 3.50. The molecule has 0 saturated heterocycles. The van der Waals surface area contributed by atoms with Crippen LogP contribution in [0, 0.1) is 0 Å². The van der Waals surface area contributed by atoms with Gasteiger partial charge in [-0.25, -0.2) is 0 Å². The molecule has 0 atom stereocenters. The van der Waals surface area contributed by atoms with E-state index in [-0.39, 0.29) is 5.91 Å². The van der Waals surface area contributed by atoms with Gasteiger partial charge in [-0.05, 0) is 30.5 Å². The molecule has 1 amide bonds. The third kappa shape index (κ3) is 4.98. The van der Waals surface area contributed by atoms with Crippen LogP contribution in [-0.2, 0) is 6.42 Å². The van der Waals surface area contributed by atoms with Gasteiger partial charge in [-0.15, -0.1) is 0 Å². The summed E-state index contributed by atoms with van der Waals surface area (Å²) >= 11 is 0. The van der Waals surface area contributed by atoms with Crippen LogP contribution in [-0.4, -0.2) is 31.1 Å². The number of hydrogen-bond acceptors (Lipinski definition) is 4. The average molecular weight is 313 g/mol. The predicted molar refractivity (Wildman–Crippen MR) is 92.0 cm³/mol. The molecule has 1 heterocycles. The van der Waals surface area contributed by atoms with Crippen LogP contribution in [0.3, 0.4) is 0 Å². The molecule has 1 aromatic heterocycles. The van der Waals surface area contributed by atoms with Crippen LogP contribution in [0.4, 0.5) is 5.69 Å². The van der Waals surface area contributed by atoms with E-state index in [0.717, 1.165) is 36.4 Å². The van der Waals surface area contributed by atoms with Crippen molar-refractivity contribution in [1.29, 1.82) is 0 Å². The van der Waals surface area contributed by atoms with Crippen LogP contribution >= 0.6 is 0 Å². The highest BCUT2D eigenvalue weighted by Gasteiger charge is 2.07. The van der Waals surface area contributed by atoms with Crippen LogP contribution in [0.2, 0.25) is 0 Å². The number of methoxy groups -OCH3 is 1. The summed E-state index contributed by atoms with van der Waals surface area (Å²) in [5.41, 5.74) is 2.50. The van der Waals surface area contributed by atoms with Crippen molar-refractivity contribution < 1.29 is 9.53 Å². The van der Waals surface area contributed by atoms with Crippen molar-refractivity contribution in [2.45, 2.75) is 19.8 Å². The highest BCUT2D eigenvalue weighted by Crippen LogP contribution is 2.17. The van der Waals surface area contributed by atoms with E-state index in [1.165, 1.54) is 0 Å². The number of nitrogens with one attached hydrogen (secondary N) is 2. The molecule has 0 aliphatic rings. The Labute approximate surface area is 137 Å². The second-order valence-corrected chi connectivity index (χ2v) is 5.21. The lowest BCUT2D eigenvalue weighted by molar-refractivity contribution is 0.0953. The van der Waals surface area contributed by atoms with Gasteiger partial charge in [-0.2, -0.15) is 0 Å². The van der Waals surface area contributed by atoms with E-state index < -0.39 is 0 Å². The lowest BCUT2D eigenvalue weighted by Crippen LogP contribution is -2.26. The lowest BCUT2D eigenvalue weighted by atomic mass is 10.1. The molecule has 0 radical (unpaired) electrons. The van der Waals surface area contributed by atoms with Crippen molar-refractivity contribution in [3.8, 4) is 5.75 Å². The molecule has 2 aromatic rings. The number of aromatic nitrogens is 1. The number of pyridine rings is 1. The quantitative estimate of drug-likeness (QED) is 0.786. The molecule has 0 saturated carbocycles. The molecule has 5 heteroatoms. The Morgan fingerprint density at radius 3 is 2.83 bits per heavy atom. The number of rotatable bonds is 8. The number of nitrogens with zero attached hydrogens (tertiary/aromatic N) is 1. The van der Waals surface area contributed by atoms with Gasteiger partial charge >= 0.3 is 0 Å². The van der Waals surface area contributed by atoms with Crippen LogP contribution in [0.15, 0.2) is 42.7 Å². The summed E-state index contributed by atoms with van der Waals surface area (Å²) in [5.74, 6) is 0.724. The van der Waals surface area contributed by atoms with Crippen LogP contribution in [0.1, 0.15) is 29.3 Å². The monoisotopic (exact) mass is 313 g/mol. The molecule has 5 nitrogen and oxygen atoms in total. The number of ether oxygens (including phenoxy) is 1. The molecule has 23 heavy (non-hydrogen) atoms. The summed E-state index contributed by atoms with van der Waals surface area (Å²) in [5, 5.41) is 6.15. The zero-order valence-corrected chi connectivity index (χ0v) is 13.6. The van der Waals surface area contributed by atoms with Crippen LogP contribution < -0.4 is 15.4 Å². The number of anilines is 1. The molecule has 0 bridgehead atoms. The Kier molecular flexibility index (Phi) is 6.41. The first-order valence-corrected chi connectivity index (χ1v) is 7.83. The van der Waals surface area contributed by atoms with Gasteiger partial charge in [0.1, 0.15) is 5.75 Å². The van der Waals surface area contributed by atoms with Crippen molar-refractivity contribution in [2.24, 2.45) is 0 Å². The summed E-state index contributed by atoms with van der Waals surface area (Å²) in [7, 11) is 1.65. The third-order valence-corrected chi connectivity index (χ3v) is 3.45. The van der Waals surface area contributed by atoms with E-state index in [1.807, 2.05) is 30.3 Å². The molecule has 0 aliphatic carbocycles. The van der Waals surface area contributed by atoms with Gasteiger partial charge in [-0.3, -0.25) is 9.78 Å². The highest BCUT2D eigenvalue weighted by atomic mass is 16.5. The van der Waals surface area contributed by atoms with Crippen molar-refractivity contribution in [3.63, 3.8) is 0 Å². The van der Waals surface area contributed by atoms with E-state index >= 15 is 0 Å². The highest BCUT2D eigenvalue weighted by molar-refractivity contribution is 5.94. The standard InChI is InChI=1S/C18H23N3O2/c1-3-9-20-16-11-15(12-19-13-16)18(22)21-10-8-14-6-4-5-7-17(14)23-2/h4-7,11-13,20H,3,8-10H2,1-2H3,(H,21,22). The summed E-state index contributed by atoms with van der Waals surface area (Å²) in [6.07, 6.45) is 5.04. The molecule has 1 aromatic carbocycles. The van der Waals surface area contributed by atoms with E-state index in [0.29, 0.717) is 12.1 Å². The molecule has 0 aliphatic heterocycles. The normalized spacial score (nSPS) is 10.2. The largest absolute Gasteiger partial charge is 0.496 e. The molecule has 0 spiro atoms. The maximum Gasteiger partial charge on any atom is 0.252 e. The minimum absolute atomic E-state index is 0.118. The van der Waals surface area contributed by atoms with Gasteiger partial charge in [0.15, 0.2) is 0 Å². The summed E-state index contributed by atoms with van der Waals surface area (Å²) in [6, 6.07) is 9.64. The van der Waals surface area contributed by atoms with Crippen LogP contribution in [0.5, 0.6) is 5.75 Å². The maximum atomic E-state index is 12.2. The molecule has 122 valence electrons. The minimum atomic E-state index is -0.118. The predicted octanol–water partition coefficient (Wildman–Crippen LogP) is 2.88. The molecular weight excluding hydrogens is 290 g/mol. The van der Waals surface area contributed by atoms with E-state index in [2.05, 4.69) is 22.5 Å². The maximum absolute atomic E-state index is 12.2. The fourth-order valence-corrected chi connectivity index (χ4v) is 2.25. The lowest BCUT2D eigenvalue weighted by Gasteiger charge is -2.10. The first kappa shape index (κ1) is 16.8. The fraction of sp³-hybridized carbons (Fsp3) is 0.333. The second kappa shape index (κ2) is 8.78. The first-order valence-electron chi connectivity index (χ1n) is 7.83. The number of para-hydroxylation sites is 1. The third-order valence-electron chi connectivity index (χ3n) is 3.45. The molecule has 2 N–H and O–H groups in total. The molecule has 0 fully saturated rings. The Bertz CT molecular complexity index is 644. The van der Waals surface area contributed by atoms with Gasteiger partial charge < -0.3 is 15.4 Å². The Morgan fingerprint density at radius 2 is 2.04 bits per heavy atom. The first-order chi connectivity index (χ1) is 11.2. The smallest absolute Gasteiger partial charge is 0.252 e. The van der Waals surface area contributed by atoms with Crippen molar-refractivity contribution in [3.05, 3.63) is 53.9 Å². The minimum Gasteiger partial charge on any atom is -0.496 e. The Morgan fingerprint density at radius 1 is 1.22 bits per heavy atom. The number of benzene rings is 1. The Balaban J connectivity index is 1.89. The number of carbonyl (C=O) groups excluding carboxylic acids is 1. The van der Waals surface area contributed by atoms with Gasteiger partial charge in [0.05, 0.1) is 18.4 Å². The number of hydrogen-bond donors (Lipinski definition) is 2. The van der Waals surface area contributed by atoms with Crippen molar-refractivity contribution in [2.75, 3.05) is 25.5 Å². The number of amides is 1. The number of carbonyl (C=O) groups is 1. The van der Waals surface area contributed by atoms with Crippen molar-refractivity contribution in [1.82, 2.24) is 10.3 Å². The van der Waals surface area contributed by atoms with Gasteiger partial charge in [0.25, 0.3) is 5.91 Å². The van der Waals surface area contributed by atoms with E-state index in [4.69, 9.17) is 4.74 Å².